The number of benzene rings is 3. The fourth-order valence-electron chi connectivity index (χ4n) is 5.97. The largest absolute Gasteiger partial charge is 0.493 e. The second-order valence-electron chi connectivity index (χ2n) is 12.6. The summed E-state index contributed by atoms with van der Waals surface area (Å²) in [5.74, 6) is -8.73. The molecule has 2 N–H and O–H groups in total. The Labute approximate surface area is 292 Å². The number of halogens is 5. The molecule has 3 aromatic carbocycles. The summed E-state index contributed by atoms with van der Waals surface area (Å²) >= 11 is 0. The van der Waals surface area contributed by atoms with E-state index in [2.05, 4.69) is 4.84 Å². The Hall–Kier alpha value is -4.28. The first-order valence-corrected chi connectivity index (χ1v) is 17.9. The number of piperidine rings is 1. The Morgan fingerprint density at radius 1 is 0.824 bits per heavy atom. The molecule has 0 spiro atoms. The maximum Gasteiger partial charge on any atom is 0.492 e. The number of ether oxygens (including phenoxy) is 2. The van der Waals surface area contributed by atoms with Gasteiger partial charge in [-0.1, -0.05) is 49.6 Å². The molecule has 1 aliphatic carbocycles. The minimum Gasteiger partial charge on any atom is -0.493 e. The average Bonchev–Trinajstić information content (AvgIpc) is 3.11. The van der Waals surface area contributed by atoms with Gasteiger partial charge >= 0.3 is 18.1 Å². The average molecular weight is 740 g/mol. The Balaban J connectivity index is 1.55. The molecule has 10 nitrogen and oxygen atoms in total. The van der Waals surface area contributed by atoms with Crippen molar-refractivity contribution in [3.63, 3.8) is 0 Å². The van der Waals surface area contributed by atoms with Crippen molar-refractivity contribution in [2.45, 2.75) is 74.0 Å². The van der Waals surface area contributed by atoms with E-state index in [1.807, 2.05) is 0 Å². The molecule has 276 valence electrons. The lowest BCUT2D eigenvalue weighted by molar-refractivity contribution is -0.239. The number of carbonyl (C=O) groups excluding carboxylic acids is 2. The lowest BCUT2D eigenvalue weighted by atomic mass is 9.90. The molecule has 0 unspecified atom stereocenters. The first kappa shape index (κ1) is 38.0. The van der Waals surface area contributed by atoms with Crippen molar-refractivity contribution < 1.29 is 54.3 Å². The third-order valence-electron chi connectivity index (χ3n) is 8.81. The standard InChI is InChI=1S/C35H38F5N3O7S/c36-34(37,25-10-7-13-29(22-25)49-28-11-5-2-6-12-28)31(32(44)42-20-18-26(41)19-21-42)43(50-33(45)35(38,39)40)51(46,47)30-16-14-27(15-17-30)48-23-24-8-3-1-4-9-24/h2,5-7,10-17,22,24,26,31H,1,3-4,8-9,18-21,23,41H2/t31-/m1/s1. The van der Waals surface area contributed by atoms with Crippen LogP contribution in [0.1, 0.15) is 50.5 Å². The monoisotopic (exact) mass is 739 g/mol. The predicted octanol–water partition coefficient (Wildman–Crippen LogP) is 6.56. The van der Waals surface area contributed by atoms with Crippen molar-refractivity contribution >= 4 is 21.9 Å². The second-order valence-corrected chi connectivity index (χ2v) is 14.3. The summed E-state index contributed by atoms with van der Waals surface area (Å²) in [7, 11) is -5.60. The fourth-order valence-corrected chi connectivity index (χ4v) is 7.33. The van der Waals surface area contributed by atoms with E-state index in [1.54, 1.807) is 18.2 Å². The number of para-hydroxylation sites is 1. The highest BCUT2D eigenvalue weighted by atomic mass is 32.2. The molecule has 51 heavy (non-hydrogen) atoms. The Bertz CT molecular complexity index is 1750. The van der Waals surface area contributed by atoms with Gasteiger partial charge in [-0.2, -0.15) is 22.0 Å². The maximum atomic E-state index is 16.9. The van der Waals surface area contributed by atoms with Crippen LogP contribution >= 0.6 is 0 Å². The lowest BCUT2D eigenvalue weighted by Gasteiger charge is -2.38. The van der Waals surface area contributed by atoms with Gasteiger partial charge < -0.3 is 24.9 Å². The highest BCUT2D eigenvalue weighted by Gasteiger charge is 2.58. The van der Waals surface area contributed by atoms with Gasteiger partial charge in [-0.15, -0.1) is 0 Å². The molecule has 1 saturated carbocycles. The SMILES string of the molecule is NC1CCN(C(=O)[C@@H](N(OC(=O)C(F)(F)F)S(=O)(=O)c2ccc(OCC3CCCCC3)cc2)C(F)(F)c2cccc(Oc3ccccc3)c2)CC1. The topological polar surface area (TPSA) is 128 Å². The number of likely N-dealkylation sites (tertiary alicyclic amines) is 1. The Morgan fingerprint density at radius 2 is 1.45 bits per heavy atom. The molecule has 0 aromatic heterocycles. The summed E-state index contributed by atoms with van der Waals surface area (Å²) in [6.07, 6.45) is -0.398. The van der Waals surface area contributed by atoms with Gasteiger partial charge in [-0.05, 0) is 84.6 Å². The number of hydrogen-bond donors (Lipinski definition) is 1. The molecule has 1 saturated heterocycles. The number of hydroxylamine groups is 1. The first-order valence-electron chi connectivity index (χ1n) is 16.5. The molecule has 0 bridgehead atoms. The fraction of sp³-hybridized carbons (Fsp3) is 0.429. The molecular formula is C35H38F5N3O7S. The zero-order chi connectivity index (χ0) is 36.8. The van der Waals surface area contributed by atoms with Crippen molar-refractivity contribution in [1.29, 1.82) is 0 Å². The van der Waals surface area contributed by atoms with E-state index in [-0.39, 0.29) is 49.1 Å². The van der Waals surface area contributed by atoms with Crippen LogP contribution in [0.2, 0.25) is 0 Å². The van der Waals surface area contributed by atoms with Crippen LogP contribution in [0.25, 0.3) is 0 Å². The van der Waals surface area contributed by atoms with Gasteiger partial charge in [0.2, 0.25) is 6.04 Å². The van der Waals surface area contributed by atoms with Gasteiger partial charge in [0.1, 0.15) is 17.2 Å². The predicted molar refractivity (Wildman–Crippen MR) is 174 cm³/mol. The van der Waals surface area contributed by atoms with Crippen LogP contribution in [0.3, 0.4) is 0 Å². The summed E-state index contributed by atoms with van der Waals surface area (Å²) in [5.41, 5.74) is 4.91. The number of alkyl halides is 5. The summed E-state index contributed by atoms with van der Waals surface area (Å²) in [6, 6.07) is 12.6. The summed E-state index contributed by atoms with van der Waals surface area (Å²) in [6.45, 7) is -0.0769. The second kappa shape index (κ2) is 15.9. The smallest absolute Gasteiger partial charge is 0.492 e. The molecular weight excluding hydrogens is 701 g/mol. The highest BCUT2D eigenvalue weighted by Crippen LogP contribution is 2.41. The van der Waals surface area contributed by atoms with Gasteiger partial charge in [0.25, 0.3) is 15.9 Å². The maximum absolute atomic E-state index is 16.9. The van der Waals surface area contributed by atoms with Crippen LogP contribution in [0.4, 0.5) is 22.0 Å². The van der Waals surface area contributed by atoms with E-state index >= 15 is 8.78 Å². The molecule has 2 fully saturated rings. The molecule has 0 radical (unpaired) electrons. The summed E-state index contributed by atoms with van der Waals surface area (Å²) < 4.78 is 113. The lowest BCUT2D eigenvalue weighted by Crippen LogP contribution is -2.60. The van der Waals surface area contributed by atoms with E-state index in [9.17, 15) is 31.2 Å². The molecule has 16 heteroatoms. The molecule has 3 aromatic rings. The van der Waals surface area contributed by atoms with Crippen LogP contribution in [0.15, 0.2) is 83.8 Å². The van der Waals surface area contributed by atoms with Gasteiger partial charge in [0.05, 0.1) is 11.5 Å². The molecule has 1 atom stereocenters. The van der Waals surface area contributed by atoms with Crippen molar-refractivity contribution in [2.24, 2.45) is 11.7 Å². The molecule has 1 heterocycles. The van der Waals surface area contributed by atoms with Crippen LogP contribution in [0.5, 0.6) is 17.2 Å². The van der Waals surface area contributed by atoms with E-state index < -0.39 is 61.0 Å². The number of nitrogens with zero attached hydrogens (tertiary/aromatic N) is 2. The minimum atomic E-state index is -5.82. The normalized spacial score (nSPS) is 17.2. The third-order valence-corrected chi connectivity index (χ3v) is 10.4. The Morgan fingerprint density at radius 3 is 2.08 bits per heavy atom. The number of carbonyl (C=O) groups is 2. The first-order chi connectivity index (χ1) is 24.2. The number of hydrogen-bond acceptors (Lipinski definition) is 8. The Kier molecular flexibility index (Phi) is 11.9. The highest BCUT2D eigenvalue weighted by molar-refractivity contribution is 7.89. The molecule has 1 aliphatic heterocycles. The quantitative estimate of drug-likeness (QED) is 0.164. The van der Waals surface area contributed by atoms with Crippen molar-refractivity contribution in [3.05, 3.63) is 84.4 Å². The van der Waals surface area contributed by atoms with Crippen molar-refractivity contribution in [3.8, 4) is 17.2 Å². The van der Waals surface area contributed by atoms with Crippen LogP contribution in [-0.2, 0) is 30.4 Å². The molecule has 1 amide bonds. The van der Waals surface area contributed by atoms with Crippen molar-refractivity contribution in [1.82, 2.24) is 9.37 Å². The summed E-state index contributed by atoms with van der Waals surface area (Å²) in [5, 5.41) is 0. The van der Waals surface area contributed by atoms with Gasteiger partial charge in [0, 0.05) is 24.7 Å². The van der Waals surface area contributed by atoms with E-state index in [4.69, 9.17) is 15.2 Å². The van der Waals surface area contributed by atoms with Gasteiger partial charge in [-0.25, -0.2) is 13.2 Å². The van der Waals surface area contributed by atoms with E-state index in [1.165, 1.54) is 30.3 Å². The van der Waals surface area contributed by atoms with Crippen LogP contribution in [0, 0.1) is 5.92 Å². The summed E-state index contributed by atoms with van der Waals surface area (Å²) in [4.78, 5) is 30.6. The van der Waals surface area contributed by atoms with Crippen LogP contribution < -0.4 is 15.2 Å². The number of rotatable bonds is 12. The minimum absolute atomic E-state index is 0.141. The zero-order valence-corrected chi connectivity index (χ0v) is 28.3. The number of sulfonamides is 1. The van der Waals surface area contributed by atoms with Gasteiger partial charge in [-0.3, -0.25) is 4.79 Å². The number of amides is 1. The van der Waals surface area contributed by atoms with Gasteiger partial charge in [0.15, 0.2) is 0 Å². The molecule has 5 rings (SSSR count). The molecule has 2 aliphatic rings. The van der Waals surface area contributed by atoms with Crippen molar-refractivity contribution in [2.75, 3.05) is 19.7 Å². The van der Waals surface area contributed by atoms with E-state index in [0.29, 0.717) is 6.61 Å². The zero-order valence-electron chi connectivity index (χ0n) is 27.4. The third kappa shape index (κ3) is 9.34. The van der Waals surface area contributed by atoms with Crippen LogP contribution in [-0.4, -0.2) is 67.6 Å². The van der Waals surface area contributed by atoms with E-state index in [0.717, 1.165) is 67.3 Å². The number of nitrogens with two attached hydrogens (primary N) is 1.